The third-order valence-electron chi connectivity index (χ3n) is 2.06. The van der Waals surface area contributed by atoms with Gasteiger partial charge in [-0.3, -0.25) is 4.98 Å². The van der Waals surface area contributed by atoms with Crippen LogP contribution in [0.3, 0.4) is 0 Å². The summed E-state index contributed by atoms with van der Waals surface area (Å²) in [6.45, 7) is 3.70. The number of aromatic nitrogens is 2. The molecule has 0 saturated heterocycles. The Bertz CT molecular complexity index is 470. The summed E-state index contributed by atoms with van der Waals surface area (Å²) in [6, 6.07) is 2.07. The van der Waals surface area contributed by atoms with Crippen LogP contribution in [0.25, 0.3) is 0 Å². The fraction of sp³-hybridized carbons (Fsp3) is 0.273. The Morgan fingerprint density at radius 3 is 2.88 bits per heavy atom. The fourth-order valence-corrected chi connectivity index (χ4v) is 2.55. The van der Waals surface area contributed by atoms with Crippen molar-refractivity contribution in [1.82, 2.24) is 15.3 Å². The summed E-state index contributed by atoms with van der Waals surface area (Å²) in [4.78, 5) is 9.60. The molecule has 0 unspecified atom stereocenters. The zero-order chi connectivity index (χ0) is 11.4. The van der Waals surface area contributed by atoms with Gasteiger partial charge in [0.15, 0.2) is 0 Å². The number of hydrogen-bond donors (Lipinski definition) is 1. The lowest BCUT2D eigenvalue weighted by Crippen LogP contribution is -2.11. The van der Waals surface area contributed by atoms with Gasteiger partial charge in [-0.2, -0.15) is 0 Å². The van der Waals surface area contributed by atoms with E-state index < -0.39 is 0 Å². The van der Waals surface area contributed by atoms with E-state index in [4.69, 9.17) is 0 Å². The van der Waals surface area contributed by atoms with Gasteiger partial charge < -0.3 is 5.32 Å². The van der Waals surface area contributed by atoms with Crippen molar-refractivity contribution < 1.29 is 0 Å². The molecule has 0 amide bonds. The summed E-state index contributed by atoms with van der Waals surface area (Å²) in [5.74, 6) is 0. The maximum atomic E-state index is 4.22. The first-order valence-corrected chi connectivity index (χ1v) is 6.56. The van der Waals surface area contributed by atoms with Gasteiger partial charge in [0.25, 0.3) is 0 Å². The molecule has 0 atom stereocenters. The summed E-state index contributed by atoms with van der Waals surface area (Å²) < 4.78 is 1.01. The number of thiazole rings is 1. The van der Waals surface area contributed by atoms with E-state index in [1.54, 1.807) is 17.5 Å². The van der Waals surface area contributed by atoms with E-state index >= 15 is 0 Å². The summed E-state index contributed by atoms with van der Waals surface area (Å²) in [5, 5.41) is 4.48. The van der Waals surface area contributed by atoms with Crippen LogP contribution in [0.4, 0.5) is 0 Å². The molecule has 0 aliphatic heterocycles. The quantitative estimate of drug-likeness (QED) is 0.943. The smallest absolute Gasteiger partial charge is 0.0897 e. The molecule has 0 bridgehead atoms. The van der Waals surface area contributed by atoms with Crippen molar-refractivity contribution in [2.45, 2.75) is 20.0 Å². The second kappa shape index (κ2) is 5.52. The molecular weight excluding hydrogens is 286 g/mol. The standard InChI is InChI=1S/C11H12BrN3S/c1-8-15-7-11(16-8)6-14-4-9-2-10(12)5-13-3-9/h2-3,5,7,14H,4,6H2,1H3. The molecule has 0 aromatic carbocycles. The van der Waals surface area contributed by atoms with Crippen LogP contribution in [0, 0.1) is 6.92 Å². The number of nitrogens with one attached hydrogen (secondary N) is 1. The topological polar surface area (TPSA) is 37.8 Å². The molecule has 5 heteroatoms. The van der Waals surface area contributed by atoms with Gasteiger partial charge in [-0.05, 0) is 34.5 Å². The highest BCUT2D eigenvalue weighted by atomic mass is 79.9. The highest BCUT2D eigenvalue weighted by molar-refractivity contribution is 9.10. The zero-order valence-electron chi connectivity index (χ0n) is 8.90. The average Bonchev–Trinajstić information content (AvgIpc) is 2.64. The summed E-state index contributed by atoms with van der Waals surface area (Å²) in [6.07, 6.45) is 5.58. The molecule has 84 valence electrons. The van der Waals surface area contributed by atoms with Crippen LogP contribution in [0.2, 0.25) is 0 Å². The molecule has 2 aromatic rings. The predicted molar refractivity (Wildman–Crippen MR) is 69.3 cm³/mol. The lowest BCUT2D eigenvalue weighted by Gasteiger charge is -2.02. The van der Waals surface area contributed by atoms with Gasteiger partial charge in [-0.15, -0.1) is 11.3 Å². The first-order chi connectivity index (χ1) is 7.74. The highest BCUT2D eigenvalue weighted by Gasteiger charge is 1.98. The van der Waals surface area contributed by atoms with Crippen LogP contribution >= 0.6 is 27.3 Å². The molecule has 2 aromatic heterocycles. The second-order valence-corrected chi connectivity index (χ2v) is 5.70. The molecule has 0 radical (unpaired) electrons. The normalized spacial score (nSPS) is 10.6. The Hall–Kier alpha value is -0.780. The van der Waals surface area contributed by atoms with Crippen LogP contribution in [0.5, 0.6) is 0 Å². The molecule has 0 spiro atoms. The van der Waals surface area contributed by atoms with Crippen LogP contribution < -0.4 is 5.32 Å². The zero-order valence-corrected chi connectivity index (χ0v) is 11.3. The number of pyridine rings is 1. The van der Waals surface area contributed by atoms with E-state index in [1.807, 2.05) is 19.3 Å². The number of rotatable bonds is 4. The number of nitrogens with zero attached hydrogens (tertiary/aromatic N) is 2. The molecule has 0 aliphatic carbocycles. The van der Waals surface area contributed by atoms with E-state index in [1.165, 1.54) is 10.4 Å². The van der Waals surface area contributed by atoms with Crippen molar-refractivity contribution in [2.75, 3.05) is 0 Å². The third-order valence-corrected chi connectivity index (χ3v) is 3.41. The number of aryl methyl sites for hydroxylation is 1. The van der Waals surface area contributed by atoms with Crippen molar-refractivity contribution in [2.24, 2.45) is 0 Å². The van der Waals surface area contributed by atoms with Gasteiger partial charge >= 0.3 is 0 Å². The van der Waals surface area contributed by atoms with Crippen LogP contribution in [-0.4, -0.2) is 9.97 Å². The van der Waals surface area contributed by atoms with Crippen molar-refractivity contribution in [3.63, 3.8) is 0 Å². The number of halogens is 1. The van der Waals surface area contributed by atoms with Gasteiger partial charge in [0.1, 0.15) is 0 Å². The summed E-state index contributed by atoms with van der Waals surface area (Å²) >= 11 is 5.13. The maximum Gasteiger partial charge on any atom is 0.0897 e. The van der Waals surface area contributed by atoms with E-state index in [2.05, 4.69) is 37.3 Å². The largest absolute Gasteiger partial charge is 0.308 e. The minimum Gasteiger partial charge on any atom is -0.308 e. The molecule has 2 rings (SSSR count). The molecule has 2 heterocycles. The van der Waals surface area contributed by atoms with Gasteiger partial charge in [0.2, 0.25) is 0 Å². The van der Waals surface area contributed by atoms with Crippen LogP contribution in [-0.2, 0) is 13.1 Å². The summed E-state index contributed by atoms with van der Waals surface area (Å²) in [5.41, 5.74) is 1.18. The minimum atomic E-state index is 0.823. The van der Waals surface area contributed by atoms with E-state index in [-0.39, 0.29) is 0 Å². The van der Waals surface area contributed by atoms with Crippen molar-refractivity contribution >= 4 is 27.3 Å². The third kappa shape index (κ3) is 3.37. The van der Waals surface area contributed by atoms with Crippen LogP contribution in [0.1, 0.15) is 15.4 Å². The minimum absolute atomic E-state index is 0.823. The maximum absolute atomic E-state index is 4.22. The molecule has 0 saturated carbocycles. The van der Waals surface area contributed by atoms with Crippen molar-refractivity contribution in [3.8, 4) is 0 Å². The molecule has 0 fully saturated rings. The lowest BCUT2D eigenvalue weighted by molar-refractivity contribution is 0.697. The molecular formula is C11H12BrN3S. The van der Waals surface area contributed by atoms with Gasteiger partial charge in [0.05, 0.1) is 5.01 Å². The Labute approximate surface area is 107 Å². The molecule has 0 aliphatic rings. The Kier molecular flexibility index (Phi) is 4.04. The van der Waals surface area contributed by atoms with Gasteiger partial charge in [-0.1, -0.05) is 0 Å². The SMILES string of the molecule is Cc1ncc(CNCc2cncc(Br)c2)s1. The van der Waals surface area contributed by atoms with E-state index in [0.29, 0.717) is 0 Å². The Balaban J connectivity index is 1.84. The fourth-order valence-electron chi connectivity index (χ4n) is 1.37. The van der Waals surface area contributed by atoms with Crippen LogP contribution in [0.15, 0.2) is 29.1 Å². The van der Waals surface area contributed by atoms with Gasteiger partial charge in [-0.25, -0.2) is 4.98 Å². The summed E-state index contributed by atoms with van der Waals surface area (Å²) in [7, 11) is 0. The molecule has 16 heavy (non-hydrogen) atoms. The molecule has 3 nitrogen and oxygen atoms in total. The molecule has 1 N–H and O–H groups in total. The van der Waals surface area contributed by atoms with Crippen molar-refractivity contribution in [3.05, 3.63) is 44.6 Å². The predicted octanol–water partition coefficient (Wildman–Crippen LogP) is 2.90. The van der Waals surface area contributed by atoms with E-state index in [0.717, 1.165) is 22.6 Å². The van der Waals surface area contributed by atoms with E-state index in [9.17, 15) is 0 Å². The average molecular weight is 298 g/mol. The number of hydrogen-bond acceptors (Lipinski definition) is 4. The first kappa shape index (κ1) is 11.7. The van der Waals surface area contributed by atoms with Crippen molar-refractivity contribution in [1.29, 1.82) is 0 Å². The second-order valence-electron chi connectivity index (χ2n) is 3.46. The first-order valence-electron chi connectivity index (χ1n) is 4.95. The van der Waals surface area contributed by atoms with Gasteiger partial charge in [0, 0.05) is 41.0 Å². The Morgan fingerprint density at radius 1 is 1.31 bits per heavy atom. The highest BCUT2D eigenvalue weighted by Crippen LogP contribution is 2.12. The monoisotopic (exact) mass is 297 g/mol. The Morgan fingerprint density at radius 2 is 2.19 bits per heavy atom. The lowest BCUT2D eigenvalue weighted by atomic mass is 10.3.